The normalized spacial score (nSPS) is 10.2. The first kappa shape index (κ1) is 9.32. The van der Waals surface area contributed by atoms with Gasteiger partial charge in [-0.25, -0.2) is 14.5 Å². The van der Waals surface area contributed by atoms with Crippen molar-refractivity contribution in [2.75, 3.05) is 0 Å². The fourth-order valence-corrected chi connectivity index (χ4v) is 1.22. The Bertz CT molecular complexity index is 493. The summed E-state index contributed by atoms with van der Waals surface area (Å²) in [6.07, 6.45) is 4.60. The van der Waals surface area contributed by atoms with E-state index in [1.165, 1.54) is 10.9 Å². The molecule has 15 heavy (non-hydrogen) atoms. The standard InChI is InChI=1S/C9H8N4O2/c1-6-4-7(9(14)15)8(10-5-6)13-3-2-11-12-13/h2-5H,1H3,(H,14,15). The van der Waals surface area contributed by atoms with Crippen LogP contribution in [-0.2, 0) is 0 Å². The summed E-state index contributed by atoms with van der Waals surface area (Å²) in [5.74, 6) is -0.762. The largest absolute Gasteiger partial charge is 0.478 e. The predicted octanol–water partition coefficient (Wildman–Crippen LogP) is 0.669. The van der Waals surface area contributed by atoms with Gasteiger partial charge >= 0.3 is 5.97 Å². The zero-order chi connectivity index (χ0) is 10.8. The second-order valence-corrected chi connectivity index (χ2v) is 3.04. The Kier molecular flexibility index (Phi) is 2.17. The average Bonchev–Trinajstić information content (AvgIpc) is 2.70. The van der Waals surface area contributed by atoms with Crippen LogP contribution in [0.4, 0.5) is 0 Å². The minimum atomic E-state index is -1.03. The highest BCUT2D eigenvalue weighted by Crippen LogP contribution is 2.11. The van der Waals surface area contributed by atoms with Gasteiger partial charge in [-0.05, 0) is 18.6 Å². The van der Waals surface area contributed by atoms with Crippen LogP contribution in [0.2, 0.25) is 0 Å². The van der Waals surface area contributed by atoms with Crippen LogP contribution in [0.25, 0.3) is 5.82 Å². The number of aromatic nitrogens is 4. The van der Waals surface area contributed by atoms with E-state index >= 15 is 0 Å². The van der Waals surface area contributed by atoms with Gasteiger partial charge in [0, 0.05) is 6.20 Å². The molecule has 2 aromatic rings. The first-order valence-electron chi connectivity index (χ1n) is 4.25. The first-order chi connectivity index (χ1) is 7.18. The zero-order valence-corrected chi connectivity index (χ0v) is 7.95. The lowest BCUT2D eigenvalue weighted by molar-refractivity contribution is 0.0696. The average molecular weight is 204 g/mol. The molecular weight excluding hydrogens is 196 g/mol. The highest BCUT2D eigenvalue weighted by Gasteiger charge is 2.13. The van der Waals surface area contributed by atoms with Crippen LogP contribution in [-0.4, -0.2) is 31.1 Å². The second-order valence-electron chi connectivity index (χ2n) is 3.04. The SMILES string of the molecule is Cc1cnc(-n2ccnn2)c(C(=O)O)c1. The Morgan fingerprint density at radius 3 is 2.93 bits per heavy atom. The van der Waals surface area contributed by atoms with Crippen molar-refractivity contribution >= 4 is 5.97 Å². The molecule has 76 valence electrons. The predicted molar refractivity (Wildman–Crippen MR) is 50.9 cm³/mol. The number of nitrogens with zero attached hydrogens (tertiary/aromatic N) is 4. The monoisotopic (exact) mass is 204 g/mol. The van der Waals surface area contributed by atoms with Crippen molar-refractivity contribution in [3.8, 4) is 5.82 Å². The van der Waals surface area contributed by atoms with E-state index in [9.17, 15) is 4.79 Å². The van der Waals surface area contributed by atoms with Crippen molar-refractivity contribution in [2.24, 2.45) is 0 Å². The van der Waals surface area contributed by atoms with Crippen molar-refractivity contribution in [3.63, 3.8) is 0 Å². The van der Waals surface area contributed by atoms with E-state index in [4.69, 9.17) is 5.11 Å². The quantitative estimate of drug-likeness (QED) is 0.777. The van der Waals surface area contributed by atoms with Crippen molar-refractivity contribution in [2.45, 2.75) is 6.92 Å². The van der Waals surface area contributed by atoms with Crippen LogP contribution in [0.15, 0.2) is 24.7 Å². The Morgan fingerprint density at radius 1 is 1.53 bits per heavy atom. The van der Waals surface area contributed by atoms with Crippen molar-refractivity contribution < 1.29 is 9.90 Å². The molecule has 6 heteroatoms. The first-order valence-corrected chi connectivity index (χ1v) is 4.25. The minimum absolute atomic E-state index is 0.112. The van der Waals surface area contributed by atoms with E-state index < -0.39 is 5.97 Å². The maximum absolute atomic E-state index is 11.0. The van der Waals surface area contributed by atoms with E-state index in [0.717, 1.165) is 5.56 Å². The van der Waals surface area contributed by atoms with E-state index in [0.29, 0.717) is 0 Å². The molecule has 0 aliphatic carbocycles. The molecule has 0 aliphatic rings. The molecule has 1 N–H and O–H groups in total. The summed E-state index contributed by atoms with van der Waals surface area (Å²) in [5, 5.41) is 16.3. The highest BCUT2D eigenvalue weighted by molar-refractivity contribution is 5.91. The number of carboxylic acids is 1. The number of aromatic carboxylic acids is 1. The maximum atomic E-state index is 11.0. The summed E-state index contributed by atoms with van der Waals surface area (Å²) >= 11 is 0. The lowest BCUT2D eigenvalue weighted by Crippen LogP contribution is -2.08. The van der Waals surface area contributed by atoms with Crippen LogP contribution >= 0.6 is 0 Å². The summed E-state index contributed by atoms with van der Waals surface area (Å²) < 4.78 is 1.32. The van der Waals surface area contributed by atoms with Gasteiger partial charge in [0.05, 0.1) is 12.4 Å². The molecule has 0 amide bonds. The molecule has 6 nitrogen and oxygen atoms in total. The molecule has 0 bridgehead atoms. The molecule has 2 heterocycles. The fourth-order valence-electron chi connectivity index (χ4n) is 1.22. The number of rotatable bonds is 2. The summed E-state index contributed by atoms with van der Waals surface area (Å²) in [6.45, 7) is 1.78. The van der Waals surface area contributed by atoms with Gasteiger partial charge in [0.15, 0.2) is 5.82 Å². The highest BCUT2D eigenvalue weighted by atomic mass is 16.4. The van der Waals surface area contributed by atoms with Crippen LogP contribution < -0.4 is 0 Å². The Balaban J connectivity index is 2.61. The number of carbonyl (C=O) groups is 1. The maximum Gasteiger partial charge on any atom is 0.339 e. The van der Waals surface area contributed by atoms with E-state index in [1.807, 2.05) is 0 Å². The molecule has 0 saturated carbocycles. The van der Waals surface area contributed by atoms with Crippen LogP contribution in [0, 0.1) is 6.92 Å². The van der Waals surface area contributed by atoms with Gasteiger partial charge in [-0.3, -0.25) is 0 Å². The van der Waals surface area contributed by atoms with E-state index in [2.05, 4.69) is 15.3 Å². The summed E-state index contributed by atoms with van der Waals surface area (Å²) in [7, 11) is 0. The van der Waals surface area contributed by atoms with Gasteiger partial charge in [-0.1, -0.05) is 5.21 Å². The third-order valence-electron chi connectivity index (χ3n) is 1.87. The zero-order valence-electron chi connectivity index (χ0n) is 7.95. The molecule has 2 rings (SSSR count). The lowest BCUT2D eigenvalue weighted by atomic mass is 10.2. The lowest BCUT2D eigenvalue weighted by Gasteiger charge is -2.04. The van der Waals surface area contributed by atoms with Crippen molar-refractivity contribution in [1.82, 2.24) is 20.0 Å². The molecule has 0 radical (unpaired) electrons. The molecule has 0 saturated heterocycles. The fraction of sp³-hybridized carbons (Fsp3) is 0.111. The summed E-state index contributed by atoms with van der Waals surface area (Å²) in [4.78, 5) is 15.0. The second kappa shape index (κ2) is 3.49. The molecule has 0 aliphatic heterocycles. The van der Waals surface area contributed by atoms with Gasteiger partial charge in [0.2, 0.25) is 0 Å². The summed E-state index contributed by atoms with van der Waals surface area (Å²) in [5.41, 5.74) is 0.900. The smallest absolute Gasteiger partial charge is 0.339 e. The van der Waals surface area contributed by atoms with E-state index in [-0.39, 0.29) is 11.4 Å². The molecule has 2 aromatic heterocycles. The molecule has 0 fully saturated rings. The van der Waals surface area contributed by atoms with Gasteiger partial charge in [-0.2, -0.15) is 0 Å². The third kappa shape index (κ3) is 1.69. The van der Waals surface area contributed by atoms with Gasteiger partial charge in [-0.15, -0.1) is 5.10 Å². The number of carboxylic acid groups (broad SMARTS) is 1. The molecule has 0 atom stereocenters. The Hall–Kier alpha value is -2.24. The number of pyridine rings is 1. The minimum Gasteiger partial charge on any atom is -0.478 e. The molecular formula is C9H8N4O2. The number of aryl methyl sites for hydroxylation is 1. The van der Waals surface area contributed by atoms with Crippen LogP contribution in [0.3, 0.4) is 0 Å². The molecule has 0 spiro atoms. The topological polar surface area (TPSA) is 80.9 Å². The summed E-state index contributed by atoms with van der Waals surface area (Å²) in [6, 6.07) is 1.55. The molecule has 0 unspecified atom stereocenters. The Morgan fingerprint density at radius 2 is 2.33 bits per heavy atom. The third-order valence-corrected chi connectivity index (χ3v) is 1.87. The van der Waals surface area contributed by atoms with Crippen LogP contribution in [0.1, 0.15) is 15.9 Å². The van der Waals surface area contributed by atoms with Gasteiger partial charge < -0.3 is 5.11 Å². The van der Waals surface area contributed by atoms with Crippen LogP contribution in [0.5, 0.6) is 0 Å². The number of hydrogen-bond acceptors (Lipinski definition) is 4. The van der Waals surface area contributed by atoms with Crippen molar-refractivity contribution in [1.29, 1.82) is 0 Å². The molecule has 0 aromatic carbocycles. The van der Waals surface area contributed by atoms with E-state index in [1.54, 1.807) is 25.4 Å². The van der Waals surface area contributed by atoms with Gasteiger partial charge in [0.1, 0.15) is 5.56 Å². The Labute approximate surface area is 85.2 Å². The van der Waals surface area contributed by atoms with Crippen molar-refractivity contribution in [3.05, 3.63) is 35.8 Å². The van der Waals surface area contributed by atoms with Gasteiger partial charge in [0.25, 0.3) is 0 Å². The number of hydrogen-bond donors (Lipinski definition) is 1.